The van der Waals surface area contributed by atoms with Crippen LogP contribution in [0, 0.1) is 20.8 Å². The average Bonchev–Trinajstić information content (AvgIpc) is 2.20. The third-order valence-corrected chi connectivity index (χ3v) is 3.30. The second-order valence-corrected chi connectivity index (χ2v) is 4.44. The molecule has 0 aliphatic carbocycles. The van der Waals surface area contributed by atoms with Crippen molar-refractivity contribution in [2.75, 3.05) is 12.4 Å². The Balaban J connectivity index is 2.76. The maximum Gasteiger partial charge on any atom is 0.126 e. The van der Waals surface area contributed by atoms with Gasteiger partial charge in [-0.15, -0.1) is 11.8 Å². The van der Waals surface area contributed by atoms with Crippen LogP contribution in [0.15, 0.2) is 5.03 Å². The average molecular weight is 228 g/mol. The molecule has 1 heterocycles. The fraction of sp³-hybridized carbons (Fsp3) is 0.600. The molecule has 2 N–H and O–H groups in total. The summed E-state index contributed by atoms with van der Waals surface area (Å²) in [5.74, 6) is 1.19. The molecule has 0 aliphatic heterocycles. The minimum atomic E-state index is -0.690. The quantitative estimate of drug-likeness (QED) is 0.590. The zero-order valence-electron chi connectivity index (χ0n) is 9.19. The number of aryl methyl sites for hydroxylation is 2. The van der Waals surface area contributed by atoms with Crippen LogP contribution in [0.3, 0.4) is 0 Å². The Morgan fingerprint density at radius 1 is 1.27 bits per heavy atom. The predicted molar refractivity (Wildman–Crippen MR) is 60.1 cm³/mol. The van der Waals surface area contributed by atoms with Crippen molar-refractivity contribution in [3.8, 4) is 0 Å². The summed E-state index contributed by atoms with van der Waals surface area (Å²) in [4.78, 5) is 8.54. The van der Waals surface area contributed by atoms with E-state index in [1.807, 2.05) is 20.8 Å². The number of aromatic nitrogens is 2. The molecule has 0 aromatic carbocycles. The molecule has 0 radical (unpaired) electrons. The first-order valence-corrected chi connectivity index (χ1v) is 5.76. The van der Waals surface area contributed by atoms with Gasteiger partial charge in [-0.05, 0) is 20.8 Å². The van der Waals surface area contributed by atoms with E-state index in [1.54, 1.807) is 0 Å². The highest BCUT2D eigenvalue weighted by Gasteiger charge is 2.09. The van der Waals surface area contributed by atoms with E-state index in [-0.39, 0.29) is 6.61 Å². The second-order valence-electron chi connectivity index (χ2n) is 3.43. The molecule has 0 aliphatic rings. The van der Waals surface area contributed by atoms with Crippen molar-refractivity contribution >= 4 is 11.8 Å². The smallest absolute Gasteiger partial charge is 0.126 e. The van der Waals surface area contributed by atoms with Gasteiger partial charge in [-0.2, -0.15) is 0 Å². The van der Waals surface area contributed by atoms with Crippen molar-refractivity contribution in [1.82, 2.24) is 9.97 Å². The summed E-state index contributed by atoms with van der Waals surface area (Å²) >= 11 is 1.45. The molecule has 0 saturated heterocycles. The lowest BCUT2D eigenvalue weighted by Crippen LogP contribution is -2.15. The van der Waals surface area contributed by atoms with Crippen molar-refractivity contribution in [2.45, 2.75) is 31.9 Å². The van der Waals surface area contributed by atoms with Crippen molar-refractivity contribution in [2.24, 2.45) is 0 Å². The molecule has 0 bridgehead atoms. The molecule has 0 fully saturated rings. The van der Waals surface area contributed by atoms with Crippen LogP contribution in [0.4, 0.5) is 0 Å². The third-order valence-electron chi connectivity index (χ3n) is 2.08. The van der Waals surface area contributed by atoms with E-state index in [2.05, 4.69) is 9.97 Å². The maximum atomic E-state index is 9.23. The monoisotopic (exact) mass is 228 g/mol. The zero-order chi connectivity index (χ0) is 11.4. The van der Waals surface area contributed by atoms with Crippen molar-refractivity contribution in [1.29, 1.82) is 0 Å². The highest BCUT2D eigenvalue weighted by molar-refractivity contribution is 7.99. The van der Waals surface area contributed by atoms with Gasteiger partial charge in [-0.25, -0.2) is 9.97 Å². The van der Waals surface area contributed by atoms with E-state index in [9.17, 15) is 5.11 Å². The second kappa shape index (κ2) is 5.44. The standard InChI is InChI=1S/C10H16N2O2S/c1-6-7(2)11-8(3)12-10(6)15-5-9(14)4-13/h9,13-14H,4-5H2,1-3H3. The Morgan fingerprint density at radius 2 is 1.93 bits per heavy atom. The van der Waals surface area contributed by atoms with Gasteiger partial charge < -0.3 is 10.2 Å². The number of aliphatic hydroxyl groups is 2. The van der Waals surface area contributed by atoms with E-state index in [0.29, 0.717) is 5.75 Å². The number of thioether (sulfide) groups is 1. The SMILES string of the molecule is Cc1nc(C)c(C)c(SCC(O)CO)n1. The molecule has 1 aromatic rings. The maximum absolute atomic E-state index is 9.23. The topological polar surface area (TPSA) is 66.2 Å². The van der Waals surface area contributed by atoms with E-state index in [4.69, 9.17) is 5.11 Å². The van der Waals surface area contributed by atoms with Gasteiger partial charge >= 0.3 is 0 Å². The molecule has 15 heavy (non-hydrogen) atoms. The summed E-state index contributed by atoms with van der Waals surface area (Å²) in [5, 5.41) is 18.8. The van der Waals surface area contributed by atoms with Gasteiger partial charge in [0.05, 0.1) is 12.7 Å². The van der Waals surface area contributed by atoms with Crippen LogP contribution in [0.5, 0.6) is 0 Å². The molecule has 0 saturated carbocycles. The Bertz CT molecular complexity index is 344. The van der Waals surface area contributed by atoms with E-state index >= 15 is 0 Å². The first kappa shape index (κ1) is 12.4. The summed E-state index contributed by atoms with van der Waals surface area (Å²) in [6.45, 7) is 5.53. The molecule has 1 rings (SSSR count). The number of hydrogen-bond donors (Lipinski definition) is 2. The van der Waals surface area contributed by atoms with E-state index in [1.165, 1.54) is 11.8 Å². The molecule has 5 heteroatoms. The number of hydrogen-bond acceptors (Lipinski definition) is 5. The Hall–Kier alpha value is -0.650. The largest absolute Gasteiger partial charge is 0.394 e. The fourth-order valence-corrected chi connectivity index (χ4v) is 2.12. The van der Waals surface area contributed by atoms with Gasteiger partial charge in [0.1, 0.15) is 10.9 Å². The summed E-state index contributed by atoms with van der Waals surface area (Å²) < 4.78 is 0. The van der Waals surface area contributed by atoms with Crippen molar-refractivity contribution < 1.29 is 10.2 Å². The Labute approximate surface area is 93.8 Å². The van der Waals surface area contributed by atoms with Gasteiger partial charge in [-0.1, -0.05) is 0 Å². The lowest BCUT2D eigenvalue weighted by Gasteiger charge is -2.10. The number of nitrogens with zero attached hydrogens (tertiary/aromatic N) is 2. The van der Waals surface area contributed by atoms with Gasteiger partial charge in [0.15, 0.2) is 0 Å². The molecule has 0 spiro atoms. The van der Waals surface area contributed by atoms with Crippen LogP contribution in [-0.2, 0) is 0 Å². The van der Waals surface area contributed by atoms with Crippen molar-refractivity contribution in [3.05, 3.63) is 17.1 Å². The molecule has 1 unspecified atom stereocenters. The highest BCUT2D eigenvalue weighted by atomic mass is 32.2. The molecular formula is C10H16N2O2S. The lowest BCUT2D eigenvalue weighted by atomic mass is 10.3. The predicted octanol–water partition coefficient (Wildman–Crippen LogP) is 0.847. The molecule has 1 atom stereocenters. The summed E-state index contributed by atoms with van der Waals surface area (Å²) in [6.07, 6.45) is -0.690. The van der Waals surface area contributed by atoms with E-state index < -0.39 is 6.10 Å². The van der Waals surface area contributed by atoms with Crippen LogP contribution >= 0.6 is 11.8 Å². The zero-order valence-corrected chi connectivity index (χ0v) is 10.0. The summed E-state index contributed by atoms with van der Waals surface area (Å²) in [7, 11) is 0. The first-order valence-electron chi connectivity index (χ1n) is 4.78. The summed E-state index contributed by atoms with van der Waals surface area (Å²) in [5.41, 5.74) is 2.00. The normalized spacial score (nSPS) is 12.9. The van der Waals surface area contributed by atoms with Gasteiger partial charge in [0.2, 0.25) is 0 Å². The van der Waals surface area contributed by atoms with Crippen molar-refractivity contribution in [3.63, 3.8) is 0 Å². The molecule has 84 valence electrons. The van der Waals surface area contributed by atoms with Gasteiger partial charge in [0.25, 0.3) is 0 Å². The Morgan fingerprint density at radius 3 is 2.53 bits per heavy atom. The van der Waals surface area contributed by atoms with Crippen LogP contribution < -0.4 is 0 Å². The van der Waals surface area contributed by atoms with E-state index in [0.717, 1.165) is 22.1 Å². The third kappa shape index (κ3) is 3.44. The molecule has 1 aromatic heterocycles. The summed E-state index contributed by atoms with van der Waals surface area (Å²) in [6, 6.07) is 0. The molecule has 0 amide bonds. The van der Waals surface area contributed by atoms with Gasteiger partial charge in [0, 0.05) is 17.0 Å². The minimum Gasteiger partial charge on any atom is -0.394 e. The molecular weight excluding hydrogens is 212 g/mol. The van der Waals surface area contributed by atoms with Crippen LogP contribution in [0.1, 0.15) is 17.1 Å². The minimum absolute atomic E-state index is 0.213. The lowest BCUT2D eigenvalue weighted by molar-refractivity contribution is 0.113. The Kier molecular flexibility index (Phi) is 4.50. The molecule has 4 nitrogen and oxygen atoms in total. The van der Waals surface area contributed by atoms with Gasteiger partial charge in [-0.3, -0.25) is 0 Å². The van der Waals surface area contributed by atoms with Crippen LogP contribution in [0.2, 0.25) is 0 Å². The number of aliphatic hydroxyl groups excluding tert-OH is 2. The number of rotatable bonds is 4. The van der Waals surface area contributed by atoms with Crippen LogP contribution in [0.25, 0.3) is 0 Å². The highest BCUT2D eigenvalue weighted by Crippen LogP contribution is 2.22. The fourth-order valence-electron chi connectivity index (χ4n) is 1.11. The first-order chi connectivity index (χ1) is 7.04. The van der Waals surface area contributed by atoms with Crippen LogP contribution in [-0.4, -0.2) is 38.6 Å².